The molecule has 1 heterocycles. The van der Waals surface area contributed by atoms with Gasteiger partial charge < -0.3 is 15.0 Å². The number of ether oxygens (including phenoxy) is 1. The van der Waals surface area contributed by atoms with Crippen molar-refractivity contribution in [3.63, 3.8) is 0 Å². The van der Waals surface area contributed by atoms with E-state index < -0.39 is 15.9 Å². The molecule has 0 aromatic heterocycles. The van der Waals surface area contributed by atoms with E-state index in [2.05, 4.69) is 10.2 Å². The largest absolute Gasteiger partial charge is 0.378 e. The van der Waals surface area contributed by atoms with Gasteiger partial charge >= 0.3 is 0 Å². The minimum Gasteiger partial charge on any atom is -0.378 e. The maximum atomic E-state index is 13.3. The first-order chi connectivity index (χ1) is 16.0. The van der Waals surface area contributed by atoms with Crippen LogP contribution in [-0.4, -0.2) is 51.5 Å². The first-order valence-corrected chi connectivity index (χ1v) is 12.3. The molecule has 1 saturated heterocycles. The Kier molecular flexibility index (Phi) is 7.39. The van der Waals surface area contributed by atoms with Gasteiger partial charge in [0.05, 0.1) is 24.7 Å². The second-order valence-electron chi connectivity index (χ2n) is 7.77. The SMILES string of the molecule is O=C(CN(Cc1ccccc1)S(=O)(=O)c1ccccc1)Nc1ccc(N2CCOCC2)cc1. The molecule has 1 aliphatic rings. The molecular formula is C25H27N3O4S. The zero-order valence-corrected chi connectivity index (χ0v) is 19.1. The average Bonchev–Trinajstić information content (AvgIpc) is 2.86. The Hall–Kier alpha value is -3.20. The number of nitrogens with zero attached hydrogens (tertiary/aromatic N) is 2. The molecule has 0 aliphatic carbocycles. The number of rotatable bonds is 8. The molecule has 33 heavy (non-hydrogen) atoms. The summed E-state index contributed by atoms with van der Waals surface area (Å²) in [6, 6.07) is 25.0. The van der Waals surface area contributed by atoms with Gasteiger partial charge in [0.2, 0.25) is 15.9 Å². The second kappa shape index (κ2) is 10.6. The van der Waals surface area contributed by atoms with Crippen LogP contribution in [0.25, 0.3) is 0 Å². The van der Waals surface area contributed by atoms with Crippen LogP contribution in [0.15, 0.2) is 89.8 Å². The Bertz CT molecular complexity index is 1150. The number of nitrogens with one attached hydrogen (secondary N) is 1. The monoisotopic (exact) mass is 465 g/mol. The van der Waals surface area contributed by atoms with Crippen molar-refractivity contribution in [2.45, 2.75) is 11.4 Å². The van der Waals surface area contributed by atoms with Crippen LogP contribution in [-0.2, 0) is 26.1 Å². The first kappa shape index (κ1) is 23.0. The first-order valence-electron chi connectivity index (χ1n) is 10.8. The Morgan fingerprint density at radius 1 is 0.879 bits per heavy atom. The zero-order chi connectivity index (χ0) is 23.1. The molecular weight excluding hydrogens is 438 g/mol. The molecule has 0 bridgehead atoms. The minimum absolute atomic E-state index is 0.0987. The van der Waals surface area contributed by atoms with Gasteiger partial charge in [0, 0.05) is 31.0 Å². The molecule has 0 atom stereocenters. The van der Waals surface area contributed by atoms with Crippen molar-refractivity contribution in [1.29, 1.82) is 0 Å². The fourth-order valence-electron chi connectivity index (χ4n) is 3.69. The van der Waals surface area contributed by atoms with E-state index in [9.17, 15) is 13.2 Å². The standard InChI is InChI=1S/C25H27N3O4S/c29-25(26-22-11-13-23(14-12-22)27-15-17-32-18-16-27)20-28(19-21-7-3-1-4-8-21)33(30,31)24-9-5-2-6-10-24/h1-14H,15-20H2,(H,26,29). The molecule has 0 saturated carbocycles. The van der Waals surface area contributed by atoms with Crippen molar-refractivity contribution in [2.75, 3.05) is 43.1 Å². The Morgan fingerprint density at radius 2 is 1.48 bits per heavy atom. The Morgan fingerprint density at radius 3 is 2.12 bits per heavy atom. The number of morpholine rings is 1. The van der Waals surface area contributed by atoms with E-state index in [1.165, 1.54) is 16.4 Å². The summed E-state index contributed by atoms with van der Waals surface area (Å²) < 4.78 is 33.1. The normalized spacial score (nSPS) is 14.3. The van der Waals surface area contributed by atoms with E-state index in [1.807, 2.05) is 54.6 Å². The third-order valence-corrected chi connectivity index (χ3v) is 7.24. The van der Waals surface area contributed by atoms with Crippen molar-refractivity contribution in [1.82, 2.24) is 4.31 Å². The summed E-state index contributed by atoms with van der Waals surface area (Å²) in [6.07, 6.45) is 0. The zero-order valence-electron chi connectivity index (χ0n) is 18.3. The molecule has 172 valence electrons. The van der Waals surface area contributed by atoms with E-state index >= 15 is 0 Å². The predicted octanol–water partition coefficient (Wildman–Crippen LogP) is 3.35. The lowest BCUT2D eigenvalue weighted by Crippen LogP contribution is -2.37. The van der Waals surface area contributed by atoms with Crippen molar-refractivity contribution in [3.05, 3.63) is 90.5 Å². The van der Waals surface area contributed by atoms with Crippen LogP contribution in [0.4, 0.5) is 11.4 Å². The Balaban J connectivity index is 1.48. The highest BCUT2D eigenvalue weighted by Gasteiger charge is 2.27. The fourth-order valence-corrected chi connectivity index (χ4v) is 5.10. The van der Waals surface area contributed by atoms with Gasteiger partial charge in [-0.3, -0.25) is 4.79 Å². The smallest absolute Gasteiger partial charge is 0.243 e. The fraction of sp³-hybridized carbons (Fsp3) is 0.240. The number of sulfonamides is 1. The van der Waals surface area contributed by atoms with Gasteiger partial charge in [0.1, 0.15) is 0 Å². The molecule has 1 fully saturated rings. The van der Waals surface area contributed by atoms with E-state index in [0.29, 0.717) is 18.9 Å². The highest BCUT2D eigenvalue weighted by atomic mass is 32.2. The van der Waals surface area contributed by atoms with Crippen molar-refractivity contribution >= 4 is 27.3 Å². The molecule has 1 N–H and O–H groups in total. The molecule has 4 rings (SSSR count). The molecule has 0 radical (unpaired) electrons. The molecule has 3 aromatic rings. The van der Waals surface area contributed by atoms with E-state index in [-0.39, 0.29) is 18.0 Å². The minimum atomic E-state index is -3.85. The van der Waals surface area contributed by atoms with Crippen LogP contribution in [0.1, 0.15) is 5.56 Å². The number of carbonyl (C=O) groups is 1. The third kappa shape index (κ3) is 5.98. The highest BCUT2D eigenvalue weighted by molar-refractivity contribution is 7.89. The predicted molar refractivity (Wildman–Crippen MR) is 129 cm³/mol. The van der Waals surface area contributed by atoms with Gasteiger partial charge in [-0.15, -0.1) is 0 Å². The van der Waals surface area contributed by atoms with Gasteiger partial charge in [-0.25, -0.2) is 8.42 Å². The number of hydrogen-bond acceptors (Lipinski definition) is 5. The lowest BCUT2D eigenvalue weighted by Gasteiger charge is -2.29. The molecule has 0 spiro atoms. The summed E-state index contributed by atoms with van der Waals surface area (Å²) in [6.45, 7) is 2.87. The van der Waals surface area contributed by atoms with Crippen LogP contribution < -0.4 is 10.2 Å². The molecule has 7 nitrogen and oxygen atoms in total. The maximum Gasteiger partial charge on any atom is 0.243 e. The van der Waals surface area contributed by atoms with Gasteiger partial charge in [-0.2, -0.15) is 4.31 Å². The van der Waals surface area contributed by atoms with Crippen molar-refractivity contribution in [2.24, 2.45) is 0 Å². The lowest BCUT2D eigenvalue weighted by atomic mass is 10.2. The summed E-state index contributed by atoms with van der Waals surface area (Å²) in [4.78, 5) is 15.2. The summed E-state index contributed by atoms with van der Waals surface area (Å²) in [5.74, 6) is -0.399. The third-order valence-electron chi connectivity index (χ3n) is 5.43. The van der Waals surface area contributed by atoms with E-state index in [1.54, 1.807) is 18.2 Å². The topological polar surface area (TPSA) is 79.0 Å². The van der Waals surface area contributed by atoms with Crippen LogP contribution in [0.3, 0.4) is 0 Å². The number of hydrogen-bond donors (Lipinski definition) is 1. The van der Waals surface area contributed by atoms with Gasteiger partial charge in [0.25, 0.3) is 0 Å². The van der Waals surface area contributed by atoms with Gasteiger partial charge in [-0.05, 0) is 42.0 Å². The summed E-state index contributed by atoms with van der Waals surface area (Å²) >= 11 is 0. The molecule has 1 aliphatic heterocycles. The number of carbonyl (C=O) groups excluding carboxylic acids is 1. The van der Waals surface area contributed by atoms with Gasteiger partial charge in [-0.1, -0.05) is 48.5 Å². The van der Waals surface area contributed by atoms with Crippen LogP contribution in [0, 0.1) is 0 Å². The highest BCUT2D eigenvalue weighted by Crippen LogP contribution is 2.21. The van der Waals surface area contributed by atoms with Crippen LogP contribution in [0.2, 0.25) is 0 Å². The van der Waals surface area contributed by atoms with E-state index in [4.69, 9.17) is 4.74 Å². The van der Waals surface area contributed by atoms with Crippen molar-refractivity contribution in [3.8, 4) is 0 Å². The number of benzene rings is 3. The van der Waals surface area contributed by atoms with Crippen molar-refractivity contribution < 1.29 is 17.9 Å². The van der Waals surface area contributed by atoms with Crippen LogP contribution >= 0.6 is 0 Å². The maximum absolute atomic E-state index is 13.3. The summed E-state index contributed by atoms with van der Waals surface area (Å²) in [7, 11) is -3.85. The molecule has 0 unspecified atom stereocenters. The van der Waals surface area contributed by atoms with E-state index in [0.717, 1.165) is 24.3 Å². The number of amides is 1. The summed E-state index contributed by atoms with van der Waals surface area (Å²) in [5.41, 5.74) is 2.49. The summed E-state index contributed by atoms with van der Waals surface area (Å²) in [5, 5.41) is 2.82. The quantitative estimate of drug-likeness (QED) is 0.552. The van der Waals surface area contributed by atoms with Gasteiger partial charge in [0.15, 0.2) is 0 Å². The number of anilines is 2. The molecule has 8 heteroatoms. The molecule has 3 aromatic carbocycles. The average molecular weight is 466 g/mol. The second-order valence-corrected chi connectivity index (χ2v) is 9.70. The lowest BCUT2D eigenvalue weighted by molar-refractivity contribution is -0.116. The molecule has 1 amide bonds. The Labute approximate surface area is 194 Å². The van der Waals surface area contributed by atoms with Crippen LogP contribution in [0.5, 0.6) is 0 Å².